The fourth-order valence-electron chi connectivity index (χ4n) is 2.15. The molecular formula is C13H11N3O3. The van der Waals surface area contributed by atoms with E-state index in [-0.39, 0.29) is 5.69 Å². The van der Waals surface area contributed by atoms with Gasteiger partial charge in [0.2, 0.25) is 0 Å². The van der Waals surface area contributed by atoms with Crippen molar-refractivity contribution < 1.29 is 10.0 Å². The first-order valence-corrected chi connectivity index (χ1v) is 5.73. The van der Waals surface area contributed by atoms with Crippen LogP contribution in [0.15, 0.2) is 36.5 Å². The van der Waals surface area contributed by atoms with Crippen LogP contribution < -0.4 is 5.32 Å². The Labute approximate surface area is 108 Å². The summed E-state index contributed by atoms with van der Waals surface area (Å²) in [4.78, 5) is 13.3. The molecule has 19 heavy (non-hydrogen) atoms. The first-order valence-electron chi connectivity index (χ1n) is 5.73. The number of benzene rings is 1. The summed E-state index contributed by atoms with van der Waals surface area (Å²) in [5.41, 5.74) is 2.89. The van der Waals surface area contributed by atoms with Gasteiger partial charge in [0.05, 0.1) is 10.6 Å². The summed E-state index contributed by atoms with van der Waals surface area (Å²) in [6.07, 6.45) is 2.74. The number of hydrogen-bond donors (Lipinski definition) is 3. The minimum absolute atomic E-state index is 0.000395. The second-order valence-corrected chi connectivity index (χ2v) is 4.26. The van der Waals surface area contributed by atoms with Gasteiger partial charge < -0.3 is 15.4 Å². The predicted octanol–water partition coefficient (Wildman–Crippen LogP) is 2.21. The fraction of sp³-hybridized carbons (Fsp3) is 0.0769. The fourth-order valence-corrected chi connectivity index (χ4v) is 2.15. The third-order valence-corrected chi connectivity index (χ3v) is 3.04. The molecule has 0 spiro atoms. The highest BCUT2D eigenvalue weighted by molar-refractivity contribution is 5.94. The number of aromatic amines is 1. The molecule has 3 N–H and O–H groups in total. The summed E-state index contributed by atoms with van der Waals surface area (Å²) >= 11 is 0. The summed E-state index contributed by atoms with van der Waals surface area (Å²) in [6, 6.07) is 8.24. The number of H-pyrrole nitrogens is 1. The number of non-ortho nitro benzene ring substituents is 1. The van der Waals surface area contributed by atoms with Crippen LogP contribution in [-0.2, 0) is 0 Å². The number of aliphatic hydroxyl groups excluding tert-OH is 1. The molecule has 0 saturated heterocycles. The van der Waals surface area contributed by atoms with Crippen LogP contribution in [0.2, 0.25) is 0 Å². The van der Waals surface area contributed by atoms with Gasteiger partial charge in [-0.1, -0.05) is 0 Å². The zero-order valence-electron chi connectivity index (χ0n) is 9.83. The number of hydrogen-bond acceptors (Lipinski definition) is 4. The van der Waals surface area contributed by atoms with Crippen molar-refractivity contribution in [3.63, 3.8) is 0 Å². The van der Waals surface area contributed by atoms with Crippen LogP contribution in [0.5, 0.6) is 0 Å². The third-order valence-electron chi connectivity index (χ3n) is 3.04. The topological polar surface area (TPSA) is 91.2 Å². The van der Waals surface area contributed by atoms with Crippen molar-refractivity contribution in [2.24, 2.45) is 0 Å². The molecule has 1 aromatic heterocycles. The van der Waals surface area contributed by atoms with Crippen molar-refractivity contribution in [2.75, 3.05) is 5.32 Å². The van der Waals surface area contributed by atoms with Gasteiger partial charge in [-0.05, 0) is 24.3 Å². The van der Waals surface area contributed by atoms with Crippen LogP contribution in [0.4, 0.5) is 11.4 Å². The van der Waals surface area contributed by atoms with Gasteiger partial charge in [-0.25, -0.2) is 0 Å². The summed E-state index contributed by atoms with van der Waals surface area (Å²) in [7, 11) is 0. The van der Waals surface area contributed by atoms with Gasteiger partial charge in [0.25, 0.3) is 5.69 Å². The maximum Gasteiger partial charge on any atom is 0.271 e. The van der Waals surface area contributed by atoms with Gasteiger partial charge in [-0.3, -0.25) is 10.1 Å². The van der Waals surface area contributed by atoms with Crippen LogP contribution in [-0.4, -0.2) is 21.2 Å². The van der Waals surface area contributed by atoms with E-state index in [9.17, 15) is 15.2 Å². The molecule has 2 aromatic rings. The van der Waals surface area contributed by atoms with E-state index in [0.717, 1.165) is 11.3 Å². The SMILES string of the molecule is O=[N+]([O-])c1ccc2c(c1)NC(O)/C2=C\c1ccc[nH]1. The molecule has 96 valence electrons. The van der Waals surface area contributed by atoms with E-state index < -0.39 is 11.2 Å². The van der Waals surface area contributed by atoms with E-state index >= 15 is 0 Å². The zero-order chi connectivity index (χ0) is 13.4. The molecule has 1 aromatic carbocycles. The standard InChI is InChI=1S/C13H11N3O3/c17-13-11(6-8-2-1-5-14-8)10-4-3-9(16(18)19)7-12(10)15-13/h1-7,13-15,17H/b11-6-. The lowest BCUT2D eigenvalue weighted by molar-refractivity contribution is -0.384. The first kappa shape index (κ1) is 11.5. The van der Waals surface area contributed by atoms with Gasteiger partial charge in [0.1, 0.15) is 0 Å². The third kappa shape index (κ3) is 1.98. The van der Waals surface area contributed by atoms with E-state index in [1.807, 2.05) is 18.2 Å². The Morgan fingerprint density at radius 2 is 2.21 bits per heavy atom. The highest BCUT2D eigenvalue weighted by Crippen LogP contribution is 2.37. The number of nitrogens with zero attached hydrogens (tertiary/aromatic N) is 1. The van der Waals surface area contributed by atoms with E-state index in [1.165, 1.54) is 12.1 Å². The Kier molecular flexibility index (Phi) is 2.57. The molecule has 1 unspecified atom stereocenters. The van der Waals surface area contributed by atoms with Gasteiger partial charge in [-0.2, -0.15) is 0 Å². The summed E-state index contributed by atoms with van der Waals surface area (Å²) in [5.74, 6) is 0. The van der Waals surface area contributed by atoms with Gasteiger partial charge in [0, 0.05) is 35.2 Å². The van der Waals surface area contributed by atoms with Crippen molar-refractivity contribution in [1.29, 1.82) is 0 Å². The van der Waals surface area contributed by atoms with Crippen molar-refractivity contribution >= 4 is 23.0 Å². The quantitative estimate of drug-likeness (QED) is 0.568. The second-order valence-electron chi connectivity index (χ2n) is 4.26. The average molecular weight is 257 g/mol. The van der Waals surface area contributed by atoms with E-state index in [4.69, 9.17) is 0 Å². The molecule has 1 atom stereocenters. The number of fused-ring (bicyclic) bond motifs is 1. The molecule has 0 bridgehead atoms. The molecule has 1 aliphatic rings. The second kappa shape index (κ2) is 4.25. The van der Waals surface area contributed by atoms with Crippen LogP contribution in [0.1, 0.15) is 11.3 Å². The molecular weight excluding hydrogens is 246 g/mol. The lowest BCUT2D eigenvalue weighted by Gasteiger charge is -2.04. The molecule has 3 rings (SSSR count). The molecule has 6 heteroatoms. The highest BCUT2D eigenvalue weighted by atomic mass is 16.6. The van der Waals surface area contributed by atoms with Gasteiger partial charge in [-0.15, -0.1) is 0 Å². The average Bonchev–Trinajstić information content (AvgIpc) is 2.98. The van der Waals surface area contributed by atoms with Crippen LogP contribution >= 0.6 is 0 Å². The number of nitro benzene ring substituents is 1. The van der Waals surface area contributed by atoms with E-state index in [1.54, 1.807) is 12.3 Å². The molecule has 0 amide bonds. The Balaban J connectivity index is 2.05. The van der Waals surface area contributed by atoms with Crippen LogP contribution in [0.3, 0.4) is 0 Å². The molecule has 6 nitrogen and oxygen atoms in total. The maximum absolute atomic E-state index is 10.7. The Bertz CT molecular complexity index is 662. The van der Waals surface area contributed by atoms with E-state index in [2.05, 4.69) is 10.3 Å². The number of aromatic nitrogens is 1. The molecule has 0 fully saturated rings. The van der Waals surface area contributed by atoms with Crippen molar-refractivity contribution in [3.05, 3.63) is 57.9 Å². The van der Waals surface area contributed by atoms with Gasteiger partial charge >= 0.3 is 0 Å². The number of nitro groups is 1. The van der Waals surface area contributed by atoms with Crippen molar-refractivity contribution in [3.8, 4) is 0 Å². The molecule has 1 aliphatic heterocycles. The largest absolute Gasteiger partial charge is 0.369 e. The number of aliphatic hydroxyl groups is 1. The van der Waals surface area contributed by atoms with Crippen molar-refractivity contribution in [1.82, 2.24) is 4.98 Å². The lowest BCUT2D eigenvalue weighted by Crippen LogP contribution is -2.12. The summed E-state index contributed by atoms with van der Waals surface area (Å²) in [5, 5.41) is 23.5. The first-order chi connectivity index (χ1) is 9.15. The Morgan fingerprint density at radius 1 is 1.37 bits per heavy atom. The van der Waals surface area contributed by atoms with E-state index in [0.29, 0.717) is 11.3 Å². The monoisotopic (exact) mass is 257 g/mol. The zero-order valence-corrected chi connectivity index (χ0v) is 9.83. The Morgan fingerprint density at radius 3 is 2.89 bits per heavy atom. The highest BCUT2D eigenvalue weighted by Gasteiger charge is 2.26. The van der Waals surface area contributed by atoms with Crippen molar-refractivity contribution in [2.45, 2.75) is 6.23 Å². The summed E-state index contributed by atoms with van der Waals surface area (Å²) < 4.78 is 0. The maximum atomic E-state index is 10.7. The number of anilines is 1. The molecule has 0 aliphatic carbocycles. The van der Waals surface area contributed by atoms with Crippen LogP contribution in [0.25, 0.3) is 11.6 Å². The lowest BCUT2D eigenvalue weighted by atomic mass is 10.1. The molecule has 0 saturated carbocycles. The minimum Gasteiger partial charge on any atom is -0.369 e. The molecule has 2 heterocycles. The smallest absolute Gasteiger partial charge is 0.271 e. The van der Waals surface area contributed by atoms with Crippen LogP contribution in [0, 0.1) is 10.1 Å². The minimum atomic E-state index is -0.861. The Hall–Kier alpha value is -2.60. The summed E-state index contributed by atoms with van der Waals surface area (Å²) in [6.45, 7) is 0. The van der Waals surface area contributed by atoms with Gasteiger partial charge in [0.15, 0.2) is 6.23 Å². The molecule has 0 radical (unpaired) electrons. The predicted molar refractivity (Wildman–Crippen MR) is 71.4 cm³/mol. The number of nitrogens with one attached hydrogen (secondary N) is 2. The normalized spacial score (nSPS) is 19.2. The number of rotatable bonds is 2.